The molecule has 1 N–H and O–H groups in total. The van der Waals surface area contributed by atoms with Gasteiger partial charge in [0.15, 0.2) is 0 Å². The van der Waals surface area contributed by atoms with Crippen molar-refractivity contribution in [2.24, 2.45) is 0 Å². The number of nitrogens with one attached hydrogen (secondary N) is 1. The van der Waals surface area contributed by atoms with Gasteiger partial charge in [-0.2, -0.15) is 0 Å². The van der Waals surface area contributed by atoms with Crippen LogP contribution in [0, 0.1) is 13.8 Å². The van der Waals surface area contributed by atoms with Crippen molar-refractivity contribution in [1.29, 1.82) is 0 Å². The van der Waals surface area contributed by atoms with E-state index in [0.29, 0.717) is 6.54 Å². The molecule has 2 amide bonds. The van der Waals surface area contributed by atoms with E-state index in [4.69, 9.17) is 4.74 Å². The van der Waals surface area contributed by atoms with Gasteiger partial charge >= 0.3 is 6.09 Å². The van der Waals surface area contributed by atoms with Crippen molar-refractivity contribution < 1.29 is 14.3 Å². The van der Waals surface area contributed by atoms with Gasteiger partial charge < -0.3 is 15.0 Å². The summed E-state index contributed by atoms with van der Waals surface area (Å²) in [6, 6.07) is 4.38. The Kier molecular flexibility index (Phi) is 5.21. The van der Waals surface area contributed by atoms with E-state index in [1.807, 2.05) is 11.8 Å². The van der Waals surface area contributed by atoms with Crippen LogP contribution in [0.3, 0.4) is 0 Å². The Morgan fingerprint density at radius 1 is 1.29 bits per heavy atom. The fraction of sp³-hybridized carbons (Fsp3) is 0.579. The maximum Gasteiger partial charge on any atom is 0.408 e. The summed E-state index contributed by atoms with van der Waals surface area (Å²) in [5.41, 5.74) is 4.46. The van der Waals surface area contributed by atoms with Gasteiger partial charge in [-0.15, -0.1) is 0 Å². The minimum Gasteiger partial charge on any atom is -0.444 e. The molecule has 0 spiro atoms. The van der Waals surface area contributed by atoms with Gasteiger partial charge in [-0.1, -0.05) is 17.7 Å². The van der Waals surface area contributed by atoms with E-state index in [1.54, 1.807) is 20.8 Å². The topological polar surface area (TPSA) is 58.6 Å². The molecule has 132 valence electrons. The van der Waals surface area contributed by atoms with Crippen LogP contribution in [0.1, 0.15) is 56.0 Å². The molecule has 0 aromatic heterocycles. The highest BCUT2D eigenvalue weighted by atomic mass is 16.6. The third-order valence-electron chi connectivity index (χ3n) is 4.23. The minimum atomic E-state index is -0.570. The monoisotopic (exact) mass is 332 g/mol. The molecule has 24 heavy (non-hydrogen) atoms. The highest BCUT2D eigenvalue weighted by Gasteiger charge is 2.29. The van der Waals surface area contributed by atoms with Crippen LogP contribution in [0.4, 0.5) is 4.79 Å². The van der Waals surface area contributed by atoms with Crippen molar-refractivity contribution in [3.8, 4) is 0 Å². The van der Waals surface area contributed by atoms with E-state index in [2.05, 4.69) is 31.3 Å². The van der Waals surface area contributed by atoms with Crippen LogP contribution in [0.2, 0.25) is 0 Å². The van der Waals surface area contributed by atoms with E-state index in [-0.39, 0.29) is 18.5 Å². The zero-order valence-electron chi connectivity index (χ0n) is 15.5. The highest BCUT2D eigenvalue weighted by Crippen LogP contribution is 2.32. The normalized spacial score (nSPS) is 17.2. The van der Waals surface area contributed by atoms with Gasteiger partial charge in [-0.05, 0) is 64.7 Å². The van der Waals surface area contributed by atoms with Gasteiger partial charge in [0.2, 0.25) is 5.91 Å². The Bertz CT molecular complexity index is 647. The first kappa shape index (κ1) is 18.3. The summed E-state index contributed by atoms with van der Waals surface area (Å²) in [5, 5.41) is 2.55. The Balaban J connectivity index is 2.03. The number of carbonyl (C=O) groups is 2. The summed E-state index contributed by atoms with van der Waals surface area (Å²) < 4.78 is 5.17. The van der Waals surface area contributed by atoms with Gasteiger partial charge in [-0.25, -0.2) is 4.79 Å². The summed E-state index contributed by atoms with van der Waals surface area (Å²) in [6.45, 7) is 12.3. The molecule has 1 aliphatic rings. The number of rotatable bonds is 2. The first-order valence-electron chi connectivity index (χ1n) is 8.45. The van der Waals surface area contributed by atoms with Gasteiger partial charge in [0.05, 0.1) is 6.04 Å². The molecule has 1 aliphatic heterocycles. The second-order valence-corrected chi connectivity index (χ2v) is 7.52. The molecular weight excluding hydrogens is 304 g/mol. The number of benzene rings is 1. The fourth-order valence-electron chi connectivity index (χ4n) is 3.37. The molecule has 1 aromatic rings. The standard InChI is InChI=1S/C19H28N2O3/c1-12-9-13(2)17-14(3)21(8-7-15(17)10-12)16(22)11-20-18(23)24-19(4,5)6/h9-10,14H,7-8,11H2,1-6H3,(H,20,23). The molecule has 1 aromatic carbocycles. The number of carbonyl (C=O) groups excluding carboxylic acids is 2. The van der Waals surface area contributed by atoms with Crippen molar-refractivity contribution in [2.75, 3.05) is 13.1 Å². The predicted molar refractivity (Wildman–Crippen MR) is 94.0 cm³/mol. The van der Waals surface area contributed by atoms with E-state index in [9.17, 15) is 9.59 Å². The first-order chi connectivity index (χ1) is 11.1. The zero-order valence-corrected chi connectivity index (χ0v) is 15.5. The van der Waals surface area contributed by atoms with Gasteiger partial charge in [0.25, 0.3) is 0 Å². The van der Waals surface area contributed by atoms with Crippen LogP contribution >= 0.6 is 0 Å². The molecule has 2 rings (SSSR count). The lowest BCUT2D eigenvalue weighted by atomic mass is 9.88. The minimum absolute atomic E-state index is 0.0160. The molecule has 0 saturated heterocycles. The summed E-state index contributed by atoms with van der Waals surface area (Å²) >= 11 is 0. The van der Waals surface area contributed by atoms with Crippen molar-refractivity contribution in [3.63, 3.8) is 0 Å². The fourth-order valence-corrected chi connectivity index (χ4v) is 3.37. The van der Waals surface area contributed by atoms with Crippen molar-refractivity contribution >= 4 is 12.0 Å². The number of amides is 2. The largest absolute Gasteiger partial charge is 0.444 e. The average molecular weight is 332 g/mol. The molecule has 5 heteroatoms. The molecule has 0 aliphatic carbocycles. The zero-order chi connectivity index (χ0) is 18.1. The lowest BCUT2D eigenvalue weighted by molar-refractivity contribution is -0.132. The third-order valence-corrected chi connectivity index (χ3v) is 4.23. The second-order valence-electron chi connectivity index (χ2n) is 7.52. The van der Waals surface area contributed by atoms with E-state index in [1.165, 1.54) is 22.3 Å². The molecular formula is C19H28N2O3. The van der Waals surface area contributed by atoms with E-state index in [0.717, 1.165) is 6.42 Å². The smallest absolute Gasteiger partial charge is 0.408 e. The van der Waals surface area contributed by atoms with Crippen LogP contribution in [-0.4, -0.2) is 35.6 Å². The molecule has 1 heterocycles. The number of alkyl carbamates (subject to hydrolysis) is 1. The Hall–Kier alpha value is -2.04. The van der Waals surface area contributed by atoms with Crippen LogP contribution in [0.25, 0.3) is 0 Å². The number of hydrogen-bond donors (Lipinski definition) is 1. The van der Waals surface area contributed by atoms with Crippen LogP contribution < -0.4 is 5.32 Å². The van der Waals surface area contributed by atoms with Crippen LogP contribution in [0.5, 0.6) is 0 Å². The lowest BCUT2D eigenvalue weighted by Gasteiger charge is -2.36. The highest BCUT2D eigenvalue weighted by molar-refractivity contribution is 5.83. The molecule has 1 atom stereocenters. The molecule has 0 saturated carbocycles. The Labute approximate surface area is 144 Å². The van der Waals surface area contributed by atoms with Gasteiger partial charge in [0, 0.05) is 6.54 Å². The maximum absolute atomic E-state index is 12.5. The van der Waals surface area contributed by atoms with Crippen LogP contribution in [-0.2, 0) is 16.0 Å². The Morgan fingerprint density at radius 2 is 1.96 bits per heavy atom. The van der Waals surface area contributed by atoms with Crippen molar-refractivity contribution in [3.05, 3.63) is 34.4 Å². The molecule has 0 bridgehead atoms. The van der Waals surface area contributed by atoms with Crippen molar-refractivity contribution in [2.45, 2.75) is 59.6 Å². The number of fused-ring (bicyclic) bond motifs is 1. The van der Waals surface area contributed by atoms with E-state index >= 15 is 0 Å². The van der Waals surface area contributed by atoms with E-state index < -0.39 is 11.7 Å². The SMILES string of the molecule is Cc1cc(C)c2c(c1)CCN(C(=O)CNC(=O)OC(C)(C)C)C2C. The summed E-state index contributed by atoms with van der Waals surface area (Å²) in [5.74, 6) is -0.0843. The van der Waals surface area contributed by atoms with Gasteiger partial charge in [0.1, 0.15) is 12.1 Å². The molecule has 0 radical (unpaired) electrons. The predicted octanol–water partition coefficient (Wildman–Crippen LogP) is 3.27. The molecule has 5 nitrogen and oxygen atoms in total. The number of aryl methyl sites for hydroxylation is 2. The first-order valence-corrected chi connectivity index (χ1v) is 8.45. The third kappa shape index (κ3) is 4.28. The maximum atomic E-state index is 12.5. The second kappa shape index (κ2) is 6.83. The Morgan fingerprint density at radius 3 is 2.58 bits per heavy atom. The van der Waals surface area contributed by atoms with Crippen molar-refractivity contribution in [1.82, 2.24) is 10.2 Å². The average Bonchev–Trinajstić information content (AvgIpc) is 2.42. The number of ether oxygens (including phenoxy) is 1. The van der Waals surface area contributed by atoms with Crippen LogP contribution in [0.15, 0.2) is 12.1 Å². The summed E-state index contributed by atoms with van der Waals surface area (Å²) in [7, 11) is 0. The number of hydrogen-bond acceptors (Lipinski definition) is 3. The summed E-state index contributed by atoms with van der Waals surface area (Å²) in [6.07, 6.45) is 0.285. The van der Waals surface area contributed by atoms with Gasteiger partial charge in [-0.3, -0.25) is 4.79 Å². The molecule has 1 unspecified atom stereocenters. The molecule has 0 fully saturated rings. The quantitative estimate of drug-likeness (QED) is 0.904. The number of nitrogens with zero attached hydrogens (tertiary/aromatic N) is 1. The lowest BCUT2D eigenvalue weighted by Crippen LogP contribution is -2.45. The summed E-state index contributed by atoms with van der Waals surface area (Å²) in [4.78, 5) is 26.1.